The average molecular weight is 375 g/mol. The summed E-state index contributed by atoms with van der Waals surface area (Å²) in [6.07, 6.45) is 1.58. The third kappa shape index (κ3) is 5.88. The van der Waals surface area contributed by atoms with E-state index in [1.807, 2.05) is 32.0 Å². The minimum atomic E-state index is -3.37. The van der Waals surface area contributed by atoms with Crippen LogP contribution in [0, 0.1) is 13.8 Å². The number of anilines is 2. The highest BCUT2D eigenvalue weighted by atomic mass is 32.2. The molecule has 0 aliphatic rings. The maximum atomic E-state index is 12.3. The van der Waals surface area contributed by atoms with Crippen LogP contribution in [0.25, 0.3) is 0 Å². The summed E-state index contributed by atoms with van der Waals surface area (Å²) in [5.41, 5.74) is 4.12. The molecule has 0 atom stereocenters. The summed E-state index contributed by atoms with van der Waals surface area (Å²) in [4.78, 5) is 12.3. The molecule has 2 aromatic carbocycles. The topological polar surface area (TPSA) is 75.3 Å². The molecule has 2 aromatic rings. The molecule has 1 amide bonds. The van der Waals surface area contributed by atoms with Crippen molar-refractivity contribution in [2.24, 2.45) is 0 Å². The van der Waals surface area contributed by atoms with Crippen molar-refractivity contribution in [3.63, 3.8) is 0 Å². The summed E-state index contributed by atoms with van der Waals surface area (Å²) in [5, 5.41) is 2.88. The minimum absolute atomic E-state index is 0.0690. The molecule has 0 aliphatic heterocycles. The molecule has 0 saturated carbocycles. The van der Waals surface area contributed by atoms with Gasteiger partial charge in [0.15, 0.2) is 0 Å². The zero-order valence-corrected chi connectivity index (χ0v) is 16.3. The molecule has 0 bridgehead atoms. The number of nitrogens with one attached hydrogen (secondary N) is 2. The fourth-order valence-electron chi connectivity index (χ4n) is 2.71. The molecule has 0 aliphatic carbocycles. The van der Waals surface area contributed by atoms with Gasteiger partial charge in [0.2, 0.25) is 15.9 Å². The molecule has 2 rings (SSSR count). The van der Waals surface area contributed by atoms with Crippen LogP contribution in [0.2, 0.25) is 0 Å². The Hall–Kier alpha value is -2.34. The highest BCUT2D eigenvalue weighted by Crippen LogP contribution is 2.24. The number of aryl methyl sites for hydroxylation is 2. The quantitative estimate of drug-likeness (QED) is 0.732. The summed E-state index contributed by atoms with van der Waals surface area (Å²) in [7, 11) is -3.37. The van der Waals surface area contributed by atoms with Gasteiger partial charge in [-0.2, -0.15) is 0 Å². The van der Waals surface area contributed by atoms with Crippen LogP contribution in [0.5, 0.6) is 0 Å². The lowest BCUT2D eigenvalue weighted by Gasteiger charge is -2.14. The van der Waals surface area contributed by atoms with Crippen molar-refractivity contribution < 1.29 is 13.2 Å². The Morgan fingerprint density at radius 3 is 2.42 bits per heavy atom. The van der Waals surface area contributed by atoms with Gasteiger partial charge in [-0.3, -0.25) is 9.52 Å². The van der Waals surface area contributed by atoms with Crippen LogP contribution < -0.4 is 10.0 Å². The third-order valence-electron chi connectivity index (χ3n) is 4.07. The Balaban J connectivity index is 2.02. The number of carbonyl (C=O) groups excluding carboxylic acids is 1. The first-order valence-corrected chi connectivity index (χ1v) is 10.4. The van der Waals surface area contributed by atoms with Crippen LogP contribution in [-0.2, 0) is 21.2 Å². The van der Waals surface area contributed by atoms with Crippen molar-refractivity contribution in [1.82, 2.24) is 0 Å². The van der Waals surface area contributed by atoms with Crippen molar-refractivity contribution in [2.75, 3.05) is 15.8 Å². The SMILES string of the molecule is CCCS(=O)(=O)Nc1cccc(NC(=O)CCc2cccc(C)c2)c1C. The molecule has 0 spiro atoms. The maximum Gasteiger partial charge on any atom is 0.232 e. The Morgan fingerprint density at radius 2 is 1.73 bits per heavy atom. The van der Waals surface area contributed by atoms with Crippen LogP contribution in [0.4, 0.5) is 11.4 Å². The molecule has 26 heavy (non-hydrogen) atoms. The molecule has 0 radical (unpaired) electrons. The number of carbonyl (C=O) groups is 1. The van der Waals surface area contributed by atoms with Gasteiger partial charge < -0.3 is 5.32 Å². The van der Waals surface area contributed by atoms with Crippen LogP contribution in [-0.4, -0.2) is 20.1 Å². The van der Waals surface area contributed by atoms with Crippen molar-refractivity contribution in [1.29, 1.82) is 0 Å². The van der Waals surface area contributed by atoms with Gasteiger partial charge in [0.05, 0.1) is 11.4 Å². The second-order valence-electron chi connectivity index (χ2n) is 6.44. The van der Waals surface area contributed by atoms with E-state index < -0.39 is 10.0 Å². The number of amides is 1. The van der Waals surface area contributed by atoms with Gasteiger partial charge in [-0.15, -0.1) is 0 Å². The number of rotatable bonds is 8. The van der Waals surface area contributed by atoms with Crippen LogP contribution in [0.3, 0.4) is 0 Å². The Kier molecular flexibility index (Phi) is 6.80. The first-order valence-electron chi connectivity index (χ1n) is 8.76. The van der Waals surface area contributed by atoms with Crippen molar-refractivity contribution in [3.8, 4) is 0 Å². The van der Waals surface area contributed by atoms with Crippen molar-refractivity contribution >= 4 is 27.3 Å². The van der Waals surface area contributed by atoms with E-state index in [4.69, 9.17) is 0 Å². The van der Waals surface area contributed by atoms with Gasteiger partial charge in [-0.1, -0.05) is 42.8 Å². The lowest BCUT2D eigenvalue weighted by Crippen LogP contribution is -2.18. The lowest BCUT2D eigenvalue weighted by molar-refractivity contribution is -0.116. The van der Waals surface area contributed by atoms with Gasteiger partial charge in [0, 0.05) is 12.1 Å². The average Bonchev–Trinajstić information content (AvgIpc) is 2.56. The standard InChI is InChI=1S/C20H26N2O3S/c1-4-13-26(24,25)22-19-10-6-9-18(16(19)3)21-20(23)12-11-17-8-5-7-15(2)14-17/h5-10,14,22H,4,11-13H2,1-3H3,(H,21,23). The van der Waals surface area contributed by atoms with Crippen molar-refractivity contribution in [2.45, 2.75) is 40.0 Å². The fraction of sp³-hybridized carbons (Fsp3) is 0.350. The van der Waals surface area contributed by atoms with Gasteiger partial charge in [0.1, 0.15) is 0 Å². The van der Waals surface area contributed by atoms with E-state index >= 15 is 0 Å². The fourth-order valence-corrected chi connectivity index (χ4v) is 3.90. The molecule has 0 heterocycles. The molecule has 5 nitrogen and oxygen atoms in total. The smallest absolute Gasteiger partial charge is 0.232 e. The van der Waals surface area contributed by atoms with E-state index in [1.54, 1.807) is 25.1 Å². The summed E-state index contributed by atoms with van der Waals surface area (Å²) in [5.74, 6) is -0.0253. The molecule has 2 N–H and O–H groups in total. The van der Waals surface area contributed by atoms with E-state index in [1.165, 1.54) is 5.56 Å². The third-order valence-corrected chi connectivity index (χ3v) is 5.55. The molecular weight excluding hydrogens is 348 g/mol. The van der Waals surface area contributed by atoms with Gasteiger partial charge in [-0.05, 0) is 49.9 Å². The molecular formula is C20H26N2O3S. The van der Waals surface area contributed by atoms with Crippen LogP contribution in [0.15, 0.2) is 42.5 Å². The molecule has 0 aromatic heterocycles. The maximum absolute atomic E-state index is 12.3. The molecule has 0 unspecified atom stereocenters. The largest absolute Gasteiger partial charge is 0.326 e. The second-order valence-corrected chi connectivity index (χ2v) is 8.28. The number of benzene rings is 2. The van der Waals surface area contributed by atoms with Gasteiger partial charge in [-0.25, -0.2) is 8.42 Å². The molecule has 0 saturated heterocycles. The zero-order valence-electron chi connectivity index (χ0n) is 15.5. The number of hydrogen-bond donors (Lipinski definition) is 2. The van der Waals surface area contributed by atoms with Gasteiger partial charge in [0.25, 0.3) is 0 Å². The van der Waals surface area contributed by atoms with E-state index in [0.717, 1.165) is 5.56 Å². The van der Waals surface area contributed by atoms with E-state index in [9.17, 15) is 13.2 Å². The van der Waals surface area contributed by atoms with Crippen LogP contribution in [0.1, 0.15) is 36.5 Å². The molecule has 6 heteroatoms. The minimum Gasteiger partial charge on any atom is -0.326 e. The highest BCUT2D eigenvalue weighted by Gasteiger charge is 2.13. The van der Waals surface area contributed by atoms with Crippen LogP contribution >= 0.6 is 0 Å². The highest BCUT2D eigenvalue weighted by molar-refractivity contribution is 7.92. The van der Waals surface area contributed by atoms with E-state index in [0.29, 0.717) is 36.2 Å². The monoisotopic (exact) mass is 374 g/mol. The Morgan fingerprint density at radius 1 is 1.04 bits per heavy atom. The van der Waals surface area contributed by atoms with Crippen molar-refractivity contribution in [3.05, 3.63) is 59.2 Å². The molecule has 140 valence electrons. The van der Waals surface area contributed by atoms with E-state index in [2.05, 4.69) is 16.1 Å². The Bertz CT molecular complexity index is 876. The summed E-state index contributed by atoms with van der Waals surface area (Å²) < 4.78 is 26.5. The summed E-state index contributed by atoms with van der Waals surface area (Å²) >= 11 is 0. The Labute approximate surface area is 155 Å². The lowest BCUT2D eigenvalue weighted by atomic mass is 10.1. The zero-order chi connectivity index (χ0) is 19.2. The summed E-state index contributed by atoms with van der Waals surface area (Å²) in [6.45, 7) is 5.63. The predicted octanol–water partition coefficient (Wildman–Crippen LogP) is 4.03. The first kappa shape index (κ1) is 20.0. The van der Waals surface area contributed by atoms with E-state index in [-0.39, 0.29) is 11.7 Å². The molecule has 0 fully saturated rings. The predicted molar refractivity (Wildman–Crippen MR) is 107 cm³/mol. The first-order chi connectivity index (χ1) is 12.3. The normalized spacial score (nSPS) is 11.2. The second kappa shape index (κ2) is 8.85. The summed E-state index contributed by atoms with van der Waals surface area (Å²) in [6, 6.07) is 13.3. The van der Waals surface area contributed by atoms with Gasteiger partial charge >= 0.3 is 0 Å². The number of sulfonamides is 1. The number of hydrogen-bond acceptors (Lipinski definition) is 3.